The molecule has 1 atom stereocenters. The Morgan fingerprint density at radius 2 is 2.35 bits per heavy atom. The van der Waals surface area contributed by atoms with Crippen molar-refractivity contribution in [3.63, 3.8) is 0 Å². The van der Waals surface area contributed by atoms with Crippen molar-refractivity contribution in [3.05, 3.63) is 41.9 Å². The number of nitrogens with one attached hydrogen (secondary N) is 2. The molecule has 3 rings (SSSR count). The highest BCUT2D eigenvalue weighted by Gasteiger charge is 2.15. The third kappa shape index (κ3) is 4.22. The summed E-state index contributed by atoms with van der Waals surface area (Å²) in [5.41, 5.74) is 1.40. The van der Waals surface area contributed by atoms with E-state index in [9.17, 15) is 4.79 Å². The molecule has 2 aromatic rings. The number of halogens is 1. The first-order chi connectivity index (χ1) is 11.2. The Labute approximate surface area is 138 Å². The number of urea groups is 1. The van der Waals surface area contributed by atoms with Gasteiger partial charge in [0.25, 0.3) is 0 Å². The summed E-state index contributed by atoms with van der Waals surface area (Å²) >= 11 is 6.25. The summed E-state index contributed by atoms with van der Waals surface area (Å²) in [5.74, 6) is 0. The molecule has 0 saturated carbocycles. The summed E-state index contributed by atoms with van der Waals surface area (Å²) in [5, 5.41) is 6.01. The molecule has 122 valence electrons. The number of aromatic nitrogens is 2. The maximum atomic E-state index is 11.9. The van der Waals surface area contributed by atoms with Gasteiger partial charge in [-0.1, -0.05) is 11.6 Å². The van der Waals surface area contributed by atoms with Gasteiger partial charge in [-0.25, -0.2) is 9.78 Å². The van der Waals surface area contributed by atoms with Gasteiger partial charge in [-0.3, -0.25) is 0 Å². The molecule has 2 heterocycles. The number of rotatable bonds is 4. The first-order valence-corrected chi connectivity index (χ1v) is 7.62. The Hall–Kier alpha value is -2.09. The fourth-order valence-electron chi connectivity index (χ4n) is 2.23. The van der Waals surface area contributed by atoms with E-state index in [2.05, 4.69) is 15.6 Å². The first-order valence-electron chi connectivity index (χ1n) is 7.24. The van der Waals surface area contributed by atoms with Crippen LogP contribution in [0.15, 0.2) is 36.9 Å². The topological polar surface area (TPSA) is 77.4 Å². The number of ether oxygens (including phenoxy) is 2. The van der Waals surface area contributed by atoms with Gasteiger partial charge in [-0.05, 0) is 18.2 Å². The summed E-state index contributed by atoms with van der Waals surface area (Å²) < 4.78 is 12.5. The Bertz CT molecular complexity index is 657. The minimum atomic E-state index is -0.314. The second-order valence-electron chi connectivity index (χ2n) is 5.04. The Morgan fingerprint density at radius 3 is 3.04 bits per heavy atom. The van der Waals surface area contributed by atoms with Crippen molar-refractivity contribution < 1.29 is 14.3 Å². The zero-order valence-electron chi connectivity index (χ0n) is 12.4. The normalized spacial score (nSPS) is 17.7. The summed E-state index contributed by atoms with van der Waals surface area (Å²) in [7, 11) is 0. The van der Waals surface area contributed by atoms with Crippen molar-refractivity contribution in [2.75, 3.05) is 31.7 Å². The quantitative estimate of drug-likeness (QED) is 0.896. The SMILES string of the molecule is O=C(NC[C@@H]1COCCO1)Nc1ccc(-n2ccnc2)c(Cl)c1. The minimum Gasteiger partial charge on any atom is -0.376 e. The average molecular weight is 337 g/mol. The zero-order chi connectivity index (χ0) is 16.1. The molecule has 1 aliphatic rings. The molecule has 0 bridgehead atoms. The molecule has 1 aromatic carbocycles. The molecule has 8 heteroatoms. The highest BCUT2D eigenvalue weighted by molar-refractivity contribution is 6.32. The molecule has 0 radical (unpaired) electrons. The molecule has 23 heavy (non-hydrogen) atoms. The number of carbonyl (C=O) groups is 1. The Kier molecular flexibility index (Phi) is 5.12. The third-order valence-corrected chi connectivity index (χ3v) is 3.67. The number of nitrogens with zero attached hydrogens (tertiary/aromatic N) is 2. The van der Waals surface area contributed by atoms with Gasteiger partial charge in [-0.2, -0.15) is 0 Å². The molecule has 0 unspecified atom stereocenters. The van der Waals surface area contributed by atoms with Crippen molar-refractivity contribution in [2.24, 2.45) is 0 Å². The van der Waals surface area contributed by atoms with Crippen molar-refractivity contribution in [2.45, 2.75) is 6.10 Å². The zero-order valence-corrected chi connectivity index (χ0v) is 13.1. The van der Waals surface area contributed by atoms with E-state index in [1.165, 1.54) is 0 Å². The lowest BCUT2D eigenvalue weighted by Gasteiger charge is -2.23. The van der Waals surface area contributed by atoms with Crippen LogP contribution in [-0.2, 0) is 9.47 Å². The van der Waals surface area contributed by atoms with E-state index in [4.69, 9.17) is 21.1 Å². The van der Waals surface area contributed by atoms with Crippen LogP contribution in [0.2, 0.25) is 5.02 Å². The smallest absolute Gasteiger partial charge is 0.319 e. The summed E-state index contributed by atoms with van der Waals surface area (Å²) in [6.45, 7) is 2.04. The molecule has 1 fully saturated rings. The van der Waals surface area contributed by atoms with E-state index < -0.39 is 0 Å². The van der Waals surface area contributed by atoms with Crippen LogP contribution < -0.4 is 10.6 Å². The lowest BCUT2D eigenvalue weighted by molar-refractivity contribution is -0.0852. The second kappa shape index (κ2) is 7.45. The molecular formula is C15H17ClN4O3. The number of benzene rings is 1. The highest BCUT2D eigenvalue weighted by atomic mass is 35.5. The number of anilines is 1. The molecule has 2 N–H and O–H groups in total. The Balaban J connectivity index is 1.55. The molecule has 0 aliphatic carbocycles. The van der Waals surface area contributed by atoms with Crippen molar-refractivity contribution in [1.29, 1.82) is 0 Å². The molecular weight excluding hydrogens is 320 g/mol. The molecule has 1 aromatic heterocycles. The van der Waals surface area contributed by atoms with Crippen LogP contribution in [0.25, 0.3) is 5.69 Å². The molecule has 1 aliphatic heterocycles. The summed E-state index contributed by atoms with van der Waals surface area (Å²) in [4.78, 5) is 15.9. The molecule has 2 amide bonds. The van der Waals surface area contributed by atoms with Crippen molar-refractivity contribution in [3.8, 4) is 5.69 Å². The number of imidazole rings is 1. The average Bonchev–Trinajstić information content (AvgIpc) is 3.08. The number of hydrogen-bond acceptors (Lipinski definition) is 4. The lowest BCUT2D eigenvalue weighted by Crippen LogP contribution is -2.41. The number of hydrogen-bond donors (Lipinski definition) is 2. The van der Waals surface area contributed by atoms with Gasteiger partial charge in [-0.15, -0.1) is 0 Å². The third-order valence-electron chi connectivity index (χ3n) is 3.36. The van der Waals surface area contributed by atoms with Gasteiger partial charge >= 0.3 is 6.03 Å². The maximum absolute atomic E-state index is 11.9. The van der Waals surface area contributed by atoms with E-state index >= 15 is 0 Å². The van der Waals surface area contributed by atoms with E-state index in [1.807, 2.05) is 6.07 Å². The standard InChI is InChI=1S/C15H17ClN4O3/c16-13-7-11(1-2-14(13)20-4-3-17-10-20)19-15(21)18-8-12-9-22-5-6-23-12/h1-4,7,10,12H,5-6,8-9H2,(H2,18,19,21)/t12-/m1/s1. The largest absolute Gasteiger partial charge is 0.376 e. The molecule has 0 spiro atoms. The molecule has 1 saturated heterocycles. The van der Waals surface area contributed by atoms with E-state index in [1.54, 1.807) is 35.4 Å². The summed E-state index contributed by atoms with van der Waals surface area (Å²) in [6, 6.07) is 4.97. The van der Waals surface area contributed by atoms with Crippen LogP contribution in [0.3, 0.4) is 0 Å². The van der Waals surface area contributed by atoms with Gasteiger partial charge in [0.1, 0.15) is 0 Å². The van der Waals surface area contributed by atoms with E-state index in [-0.39, 0.29) is 12.1 Å². The second-order valence-corrected chi connectivity index (χ2v) is 5.45. The van der Waals surface area contributed by atoms with Crippen LogP contribution in [0.4, 0.5) is 10.5 Å². The maximum Gasteiger partial charge on any atom is 0.319 e. The fourth-order valence-corrected chi connectivity index (χ4v) is 2.51. The van der Waals surface area contributed by atoms with Gasteiger partial charge in [0.05, 0.1) is 43.0 Å². The van der Waals surface area contributed by atoms with Crippen LogP contribution in [0.5, 0.6) is 0 Å². The van der Waals surface area contributed by atoms with Crippen molar-refractivity contribution >= 4 is 23.3 Å². The van der Waals surface area contributed by atoms with Gasteiger partial charge in [0.15, 0.2) is 0 Å². The van der Waals surface area contributed by atoms with Crippen LogP contribution in [-0.4, -0.2) is 48.1 Å². The van der Waals surface area contributed by atoms with Gasteiger partial charge < -0.3 is 24.7 Å². The Morgan fingerprint density at radius 1 is 1.43 bits per heavy atom. The van der Waals surface area contributed by atoms with Crippen LogP contribution in [0, 0.1) is 0 Å². The van der Waals surface area contributed by atoms with Gasteiger partial charge in [0.2, 0.25) is 0 Å². The van der Waals surface area contributed by atoms with Gasteiger partial charge in [0, 0.05) is 24.6 Å². The molecule has 7 nitrogen and oxygen atoms in total. The predicted octanol–water partition coefficient (Wildman–Crippen LogP) is 2.06. The minimum absolute atomic E-state index is 0.110. The number of amides is 2. The van der Waals surface area contributed by atoms with Crippen LogP contribution >= 0.6 is 11.6 Å². The highest BCUT2D eigenvalue weighted by Crippen LogP contribution is 2.24. The van der Waals surface area contributed by atoms with E-state index in [0.29, 0.717) is 37.1 Å². The van der Waals surface area contributed by atoms with E-state index in [0.717, 1.165) is 5.69 Å². The lowest BCUT2D eigenvalue weighted by atomic mass is 10.2. The number of carbonyl (C=O) groups excluding carboxylic acids is 1. The van der Waals surface area contributed by atoms with Crippen molar-refractivity contribution in [1.82, 2.24) is 14.9 Å². The summed E-state index contributed by atoms with van der Waals surface area (Å²) in [6.07, 6.45) is 5.02. The monoisotopic (exact) mass is 336 g/mol. The van der Waals surface area contributed by atoms with Crippen LogP contribution in [0.1, 0.15) is 0 Å². The first kappa shape index (κ1) is 15.8. The fraction of sp³-hybridized carbons (Fsp3) is 0.333. The predicted molar refractivity (Wildman–Crippen MR) is 86.2 cm³/mol.